The van der Waals surface area contributed by atoms with Crippen LogP contribution in [0.5, 0.6) is 0 Å². The lowest BCUT2D eigenvalue weighted by molar-refractivity contribution is -0.117. The van der Waals surface area contributed by atoms with E-state index in [0.29, 0.717) is 12.8 Å². The second-order valence-corrected chi connectivity index (χ2v) is 1.00. The molecule has 0 rings (SSSR count). The van der Waals surface area contributed by atoms with Crippen molar-refractivity contribution in [1.29, 1.82) is 0 Å². The van der Waals surface area contributed by atoms with Gasteiger partial charge < -0.3 is 5.73 Å². The number of carbonyl (C=O) groups is 1. The number of amides is 1. The first-order valence-electron chi connectivity index (χ1n) is 1.75. The van der Waals surface area contributed by atoms with Crippen LogP contribution in [0.1, 0.15) is 12.8 Å². The molecule has 6 heavy (non-hydrogen) atoms. The quantitative estimate of drug-likeness (QED) is 0.502. The first-order chi connectivity index (χ1) is 2.77. The zero-order valence-electron chi connectivity index (χ0n) is 3.48. The van der Waals surface area contributed by atoms with Gasteiger partial charge in [0.2, 0.25) is 5.91 Å². The Morgan fingerprint density at radius 1 is 1.83 bits per heavy atom. The molecule has 0 aromatic heterocycles. The van der Waals surface area contributed by atoms with Crippen molar-refractivity contribution in [1.82, 2.24) is 0 Å². The normalized spacial score (nSPS) is 8.17. The van der Waals surface area contributed by atoms with Gasteiger partial charge in [-0.05, 0) is 13.3 Å². The van der Waals surface area contributed by atoms with Gasteiger partial charge in [-0.3, -0.25) is 4.79 Å². The summed E-state index contributed by atoms with van der Waals surface area (Å²) in [4.78, 5) is 9.74. The minimum atomic E-state index is -0.336. The van der Waals surface area contributed by atoms with E-state index in [-0.39, 0.29) is 5.91 Å². The highest BCUT2D eigenvalue weighted by Crippen LogP contribution is 1.79. The molecule has 0 spiro atoms. The van der Waals surface area contributed by atoms with Crippen molar-refractivity contribution in [2.45, 2.75) is 12.8 Å². The van der Waals surface area contributed by atoms with Gasteiger partial charge in [0.25, 0.3) is 0 Å². The standard InChI is InChI=1S/C4H7NO/c1-2-3-4(5)6/h1H,2-3H2,(H2,5,6). The van der Waals surface area contributed by atoms with Crippen molar-refractivity contribution in [2.75, 3.05) is 0 Å². The van der Waals surface area contributed by atoms with Crippen molar-refractivity contribution in [3.8, 4) is 0 Å². The lowest BCUT2D eigenvalue weighted by Gasteiger charge is -1.81. The van der Waals surface area contributed by atoms with Crippen molar-refractivity contribution >= 4 is 5.91 Å². The Bertz CT molecular complexity index is 51.5. The van der Waals surface area contributed by atoms with E-state index >= 15 is 0 Å². The lowest BCUT2D eigenvalue weighted by Crippen LogP contribution is -2.08. The number of carbonyl (C=O) groups excluding carboxylic acids is 1. The summed E-state index contributed by atoms with van der Waals surface area (Å²) >= 11 is 0. The Labute approximate surface area is 37.3 Å². The molecular formula is C4H7NO. The predicted molar refractivity (Wildman–Crippen MR) is 22.7 cm³/mol. The third-order valence-corrected chi connectivity index (χ3v) is 0.391. The monoisotopic (exact) mass is 85.1 g/mol. The highest BCUT2D eigenvalue weighted by molar-refractivity contribution is 5.73. The van der Waals surface area contributed by atoms with Crippen LogP contribution >= 0.6 is 0 Å². The Morgan fingerprint density at radius 2 is 2.33 bits per heavy atom. The molecule has 0 aromatic rings. The van der Waals surface area contributed by atoms with E-state index in [9.17, 15) is 4.79 Å². The number of rotatable bonds is 2. The van der Waals surface area contributed by atoms with E-state index < -0.39 is 0 Å². The molecule has 0 heterocycles. The van der Waals surface area contributed by atoms with Crippen LogP contribution in [0.25, 0.3) is 0 Å². The molecule has 0 bridgehead atoms. The summed E-state index contributed by atoms with van der Waals surface area (Å²) in [6.07, 6.45) is 0.648. The van der Waals surface area contributed by atoms with Crippen LogP contribution in [-0.2, 0) is 4.79 Å². The molecule has 0 saturated carbocycles. The van der Waals surface area contributed by atoms with E-state index in [1.807, 2.05) is 0 Å². The van der Waals surface area contributed by atoms with Gasteiger partial charge in [0, 0.05) is 6.42 Å². The Hall–Kier alpha value is -0.530. The molecule has 0 fully saturated rings. The fourth-order valence-electron chi connectivity index (χ4n) is 0.142. The van der Waals surface area contributed by atoms with E-state index in [4.69, 9.17) is 6.92 Å². The summed E-state index contributed by atoms with van der Waals surface area (Å²) in [7, 11) is 0. The van der Waals surface area contributed by atoms with Gasteiger partial charge in [-0.25, -0.2) is 0 Å². The third-order valence-electron chi connectivity index (χ3n) is 0.391. The molecule has 2 nitrogen and oxygen atoms in total. The molecule has 2 radical (unpaired) electrons. The smallest absolute Gasteiger partial charge is 0.217 e. The van der Waals surface area contributed by atoms with E-state index in [0.717, 1.165) is 0 Å². The summed E-state index contributed by atoms with van der Waals surface area (Å²) in [6.45, 7) is 4.93. The number of hydrogen-bond donors (Lipinski definition) is 1. The maximum absolute atomic E-state index is 9.74. The summed E-state index contributed by atoms with van der Waals surface area (Å²) in [5.74, 6) is -0.336. The molecule has 0 aliphatic rings. The highest BCUT2D eigenvalue weighted by Gasteiger charge is 1.84. The first-order valence-corrected chi connectivity index (χ1v) is 1.75. The summed E-state index contributed by atoms with van der Waals surface area (Å²) in [6, 6.07) is 0. The third kappa shape index (κ3) is 3.47. The molecule has 0 aliphatic carbocycles. The van der Waals surface area contributed by atoms with E-state index in [2.05, 4.69) is 5.73 Å². The minimum absolute atomic E-state index is 0.292. The molecule has 34 valence electrons. The molecule has 1 amide bonds. The van der Waals surface area contributed by atoms with Crippen molar-refractivity contribution in [2.24, 2.45) is 5.73 Å². The van der Waals surface area contributed by atoms with Crippen molar-refractivity contribution in [3.05, 3.63) is 6.92 Å². The van der Waals surface area contributed by atoms with Gasteiger partial charge in [-0.15, -0.1) is 0 Å². The van der Waals surface area contributed by atoms with Crippen LogP contribution in [0.4, 0.5) is 0 Å². The van der Waals surface area contributed by atoms with Gasteiger partial charge in [0.05, 0.1) is 0 Å². The maximum Gasteiger partial charge on any atom is 0.217 e. The fourth-order valence-corrected chi connectivity index (χ4v) is 0.142. The van der Waals surface area contributed by atoms with Gasteiger partial charge >= 0.3 is 0 Å². The van der Waals surface area contributed by atoms with Gasteiger partial charge in [-0.2, -0.15) is 0 Å². The van der Waals surface area contributed by atoms with Crippen molar-refractivity contribution < 1.29 is 4.79 Å². The van der Waals surface area contributed by atoms with Crippen LogP contribution < -0.4 is 5.73 Å². The van der Waals surface area contributed by atoms with Gasteiger partial charge in [0.15, 0.2) is 0 Å². The lowest BCUT2D eigenvalue weighted by atomic mass is 10.3. The van der Waals surface area contributed by atoms with Gasteiger partial charge in [-0.1, -0.05) is 0 Å². The summed E-state index contributed by atoms with van der Waals surface area (Å²) < 4.78 is 0. The van der Waals surface area contributed by atoms with Crippen LogP contribution in [-0.4, -0.2) is 5.91 Å². The molecule has 2 N–H and O–H groups in total. The molecular weight excluding hydrogens is 78.0 g/mol. The number of hydrogen-bond acceptors (Lipinski definition) is 1. The SMILES string of the molecule is [CH]CCC(N)=O. The fraction of sp³-hybridized carbons (Fsp3) is 0.500. The first kappa shape index (κ1) is 5.47. The number of nitrogens with two attached hydrogens (primary N) is 1. The minimum Gasteiger partial charge on any atom is -0.370 e. The van der Waals surface area contributed by atoms with Crippen LogP contribution in [0, 0.1) is 6.92 Å². The summed E-state index contributed by atoms with van der Waals surface area (Å²) in [5.41, 5.74) is 4.68. The predicted octanol–water partition coefficient (Wildman–Crippen LogP) is -0.0370. The van der Waals surface area contributed by atoms with E-state index in [1.54, 1.807) is 0 Å². The maximum atomic E-state index is 9.74. The molecule has 0 aliphatic heterocycles. The van der Waals surface area contributed by atoms with Crippen LogP contribution in [0.15, 0.2) is 0 Å². The zero-order valence-corrected chi connectivity index (χ0v) is 3.48. The van der Waals surface area contributed by atoms with Crippen LogP contribution in [0.2, 0.25) is 0 Å². The molecule has 0 atom stereocenters. The number of primary amides is 1. The average molecular weight is 85.1 g/mol. The second kappa shape index (κ2) is 2.69. The van der Waals surface area contributed by atoms with Gasteiger partial charge in [0.1, 0.15) is 0 Å². The largest absolute Gasteiger partial charge is 0.370 e. The Morgan fingerprint density at radius 3 is 2.33 bits per heavy atom. The second-order valence-electron chi connectivity index (χ2n) is 1.00. The van der Waals surface area contributed by atoms with Crippen molar-refractivity contribution in [3.63, 3.8) is 0 Å². The highest BCUT2D eigenvalue weighted by atomic mass is 16.1. The molecule has 2 heteroatoms. The zero-order chi connectivity index (χ0) is 4.99. The molecule has 0 saturated heterocycles. The topological polar surface area (TPSA) is 43.1 Å². The molecule has 0 unspecified atom stereocenters. The molecule has 0 aromatic carbocycles. The average Bonchev–Trinajstić information content (AvgIpc) is 1.35. The summed E-state index contributed by atoms with van der Waals surface area (Å²) in [5, 5.41) is 0. The van der Waals surface area contributed by atoms with E-state index in [1.165, 1.54) is 0 Å². The van der Waals surface area contributed by atoms with Crippen LogP contribution in [0.3, 0.4) is 0 Å². The Balaban J connectivity index is 2.83. The Kier molecular flexibility index (Phi) is 2.46.